The van der Waals surface area contributed by atoms with Gasteiger partial charge in [0.25, 0.3) is 5.91 Å². The summed E-state index contributed by atoms with van der Waals surface area (Å²) in [6.07, 6.45) is 1.34. The Kier molecular flexibility index (Phi) is 4.57. The molecule has 0 atom stereocenters. The third-order valence-corrected chi connectivity index (χ3v) is 3.65. The zero-order valence-corrected chi connectivity index (χ0v) is 13.5. The second-order valence-electron chi connectivity index (χ2n) is 5.53. The Balaban J connectivity index is 1.70. The van der Waals surface area contributed by atoms with Gasteiger partial charge in [0.1, 0.15) is 23.7 Å². The Bertz CT molecular complexity index is 905. The normalized spacial score (nSPS) is 15.2. The molecule has 0 saturated carbocycles. The third kappa shape index (κ3) is 3.64. The number of imide groups is 1. The molecule has 0 aromatic heterocycles. The van der Waals surface area contributed by atoms with Crippen molar-refractivity contribution in [3.63, 3.8) is 0 Å². The first-order chi connectivity index (χ1) is 12.4. The van der Waals surface area contributed by atoms with Gasteiger partial charge in [0.05, 0.1) is 0 Å². The molecule has 8 heteroatoms. The van der Waals surface area contributed by atoms with Crippen LogP contribution >= 0.6 is 0 Å². The van der Waals surface area contributed by atoms with Crippen LogP contribution in [0.4, 0.5) is 10.5 Å². The highest BCUT2D eigenvalue weighted by Crippen LogP contribution is 2.21. The van der Waals surface area contributed by atoms with E-state index in [4.69, 9.17) is 0 Å². The number of carbonyl (C=O) groups excluding carboxylic acids is 3. The van der Waals surface area contributed by atoms with Gasteiger partial charge in [-0.2, -0.15) is 0 Å². The molecule has 1 heterocycles. The molecule has 132 valence electrons. The number of nitrogens with zero attached hydrogens (tertiary/aromatic N) is 1. The quantitative estimate of drug-likeness (QED) is 0.378. The molecule has 3 rings (SSSR count). The van der Waals surface area contributed by atoms with Gasteiger partial charge in [-0.3, -0.25) is 9.59 Å². The standard InChI is InChI=1S/C18H15N3O5/c22-13-7-5-12(6-8-13)19-16(24)10-21-17(25)14(20-18(21)26)9-11-3-1-2-4-15(11)23/h1-9,22-23H,10H2,(H,19,24)(H,20,26)/b14-9-. The average molecular weight is 353 g/mol. The molecule has 0 radical (unpaired) electrons. The summed E-state index contributed by atoms with van der Waals surface area (Å²) in [5.74, 6) is -1.22. The van der Waals surface area contributed by atoms with Crippen LogP contribution in [0.25, 0.3) is 6.08 Å². The van der Waals surface area contributed by atoms with Crippen molar-refractivity contribution >= 4 is 29.6 Å². The van der Waals surface area contributed by atoms with Crippen molar-refractivity contribution in [3.05, 3.63) is 59.8 Å². The Morgan fingerprint density at radius 3 is 2.46 bits per heavy atom. The van der Waals surface area contributed by atoms with Crippen molar-refractivity contribution in [1.82, 2.24) is 10.2 Å². The molecule has 2 aromatic carbocycles. The fourth-order valence-electron chi connectivity index (χ4n) is 2.37. The van der Waals surface area contributed by atoms with Gasteiger partial charge >= 0.3 is 6.03 Å². The van der Waals surface area contributed by atoms with Crippen molar-refractivity contribution in [2.75, 3.05) is 11.9 Å². The van der Waals surface area contributed by atoms with Crippen LogP contribution in [-0.2, 0) is 9.59 Å². The Morgan fingerprint density at radius 2 is 1.77 bits per heavy atom. The molecule has 0 unspecified atom stereocenters. The maximum Gasteiger partial charge on any atom is 0.329 e. The first kappa shape index (κ1) is 17.0. The monoisotopic (exact) mass is 353 g/mol. The minimum atomic E-state index is -0.725. The van der Waals surface area contributed by atoms with Crippen LogP contribution in [0, 0.1) is 0 Å². The van der Waals surface area contributed by atoms with Crippen molar-refractivity contribution < 1.29 is 24.6 Å². The van der Waals surface area contributed by atoms with E-state index >= 15 is 0 Å². The first-order valence-electron chi connectivity index (χ1n) is 7.65. The number of anilines is 1. The molecule has 8 nitrogen and oxygen atoms in total. The van der Waals surface area contributed by atoms with Gasteiger partial charge in [-0.05, 0) is 36.4 Å². The number of benzene rings is 2. The number of carbonyl (C=O) groups is 3. The average Bonchev–Trinajstić information content (AvgIpc) is 2.86. The SMILES string of the molecule is O=C(CN1C(=O)N/C(=C\c2ccccc2O)C1=O)Nc1ccc(O)cc1. The van der Waals surface area contributed by atoms with E-state index in [1.54, 1.807) is 18.2 Å². The molecule has 4 amide bonds. The van der Waals surface area contributed by atoms with E-state index in [1.165, 1.54) is 36.4 Å². The summed E-state index contributed by atoms with van der Waals surface area (Å²) in [6.45, 7) is -0.469. The predicted molar refractivity (Wildman–Crippen MR) is 93.1 cm³/mol. The molecule has 26 heavy (non-hydrogen) atoms. The maximum atomic E-state index is 12.3. The minimum Gasteiger partial charge on any atom is -0.508 e. The van der Waals surface area contributed by atoms with E-state index in [1.807, 2.05) is 0 Å². The summed E-state index contributed by atoms with van der Waals surface area (Å²) in [6, 6.07) is 11.4. The number of phenols is 2. The Labute approximate surface area is 148 Å². The van der Waals surface area contributed by atoms with E-state index in [0.29, 0.717) is 11.3 Å². The van der Waals surface area contributed by atoms with Crippen LogP contribution in [0.3, 0.4) is 0 Å². The molecule has 1 aliphatic heterocycles. The zero-order valence-electron chi connectivity index (χ0n) is 13.5. The maximum absolute atomic E-state index is 12.3. The van der Waals surface area contributed by atoms with E-state index in [-0.39, 0.29) is 17.2 Å². The fourth-order valence-corrected chi connectivity index (χ4v) is 2.37. The number of phenolic OH excluding ortho intramolecular Hbond substituents is 2. The number of para-hydroxylation sites is 1. The van der Waals surface area contributed by atoms with Crippen molar-refractivity contribution in [3.8, 4) is 11.5 Å². The fraction of sp³-hybridized carbons (Fsp3) is 0.0556. The van der Waals surface area contributed by atoms with Gasteiger partial charge in [0.15, 0.2) is 0 Å². The molecule has 0 bridgehead atoms. The summed E-state index contributed by atoms with van der Waals surface area (Å²) in [7, 11) is 0. The number of hydrogen-bond donors (Lipinski definition) is 4. The van der Waals surface area contributed by atoms with Crippen LogP contribution in [0.5, 0.6) is 11.5 Å². The summed E-state index contributed by atoms with van der Waals surface area (Å²) in [5.41, 5.74) is 0.755. The van der Waals surface area contributed by atoms with Crippen molar-refractivity contribution in [2.45, 2.75) is 0 Å². The number of urea groups is 1. The lowest BCUT2D eigenvalue weighted by atomic mass is 10.1. The van der Waals surface area contributed by atoms with E-state index < -0.39 is 24.4 Å². The largest absolute Gasteiger partial charge is 0.508 e. The first-order valence-corrected chi connectivity index (χ1v) is 7.65. The van der Waals surface area contributed by atoms with Gasteiger partial charge in [0, 0.05) is 11.3 Å². The molecule has 0 aliphatic carbocycles. The Hall–Kier alpha value is -3.81. The summed E-state index contributed by atoms with van der Waals surface area (Å²) >= 11 is 0. The smallest absolute Gasteiger partial charge is 0.329 e. The van der Waals surface area contributed by atoms with Gasteiger partial charge in [-0.15, -0.1) is 0 Å². The van der Waals surface area contributed by atoms with Crippen LogP contribution in [-0.4, -0.2) is 39.5 Å². The lowest BCUT2D eigenvalue weighted by Gasteiger charge is -2.12. The number of hydrogen-bond acceptors (Lipinski definition) is 5. The lowest BCUT2D eigenvalue weighted by molar-refractivity contribution is -0.127. The molecule has 1 saturated heterocycles. The predicted octanol–water partition coefficient (Wildman–Crippen LogP) is 1.63. The van der Waals surface area contributed by atoms with Gasteiger partial charge in [-0.25, -0.2) is 9.69 Å². The van der Waals surface area contributed by atoms with E-state index in [0.717, 1.165) is 4.90 Å². The molecule has 1 aliphatic rings. The number of nitrogens with one attached hydrogen (secondary N) is 2. The number of amides is 4. The molecule has 2 aromatic rings. The molecular weight excluding hydrogens is 338 g/mol. The molecule has 1 fully saturated rings. The summed E-state index contributed by atoms with van der Waals surface area (Å²) in [4.78, 5) is 37.1. The Morgan fingerprint density at radius 1 is 1.08 bits per heavy atom. The second-order valence-corrected chi connectivity index (χ2v) is 5.53. The second kappa shape index (κ2) is 6.98. The highest BCUT2D eigenvalue weighted by Gasteiger charge is 2.35. The van der Waals surface area contributed by atoms with Gasteiger partial charge < -0.3 is 20.8 Å². The lowest BCUT2D eigenvalue weighted by Crippen LogP contribution is -2.38. The van der Waals surface area contributed by atoms with Crippen LogP contribution in [0.1, 0.15) is 5.56 Å². The summed E-state index contributed by atoms with van der Waals surface area (Å²) < 4.78 is 0. The van der Waals surface area contributed by atoms with E-state index in [2.05, 4.69) is 10.6 Å². The van der Waals surface area contributed by atoms with Crippen molar-refractivity contribution in [2.24, 2.45) is 0 Å². The molecule has 0 spiro atoms. The van der Waals surface area contributed by atoms with Crippen LogP contribution in [0.15, 0.2) is 54.2 Å². The van der Waals surface area contributed by atoms with Crippen LogP contribution in [0.2, 0.25) is 0 Å². The van der Waals surface area contributed by atoms with E-state index in [9.17, 15) is 24.6 Å². The third-order valence-electron chi connectivity index (χ3n) is 3.65. The molecule has 4 N–H and O–H groups in total. The topological polar surface area (TPSA) is 119 Å². The number of aromatic hydroxyl groups is 2. The molecular formula is C18H15N3O5. The van der Waals surface area contributed by atoms with Gasteiger partial charge in [0.2, 0.25) is 5.91 Å². The van der Waals surface area contributed by atoms with Gasteiger partial charge in [-0.1, -0.05) is 18.2 Å². The number of rotatable bonds is 4. The highest BCUT2D eigenvalue weighted by molar-refractivity contribution is 6.16. The zero-order chi connectivity index (χ0) is 18.7. The van der Waals surface area contributed by atoms with Crippen molar-refractivity contribution in [1.29, 1.82) is 0 Å². The summed E-state index contributed by atoms with van der Waals surface area (Å²) in [5, 5.41) is 23.9. The highest BCUT2D eigenvalue weighted by atomic mass is 16.3. The minimum absolute atomic E-state index is 0.0334. The van der Waals surface area contributed by atoms with Crippen LogP contribution < -0.4 is 10.6 Å².